The number of ether oxygens (including phenoxy) is 2. The molecule has 3 fully saturated rings. The van der Waals surface area contributed by atoms with Crippen LogP contribution in [0.1, 0.15) is 31.2 Å². The summed E-state index contributed by atoms with van der Waals surface area (Å²) < 4.78 is 45.8. The molecule has 0 unspecified atom stereocenters. The number of alkyl halides is 3. The molecule has 9 heteroatoms. The molecule has 2 saturated heterocycles. The lowest BCUT2D eigenvalue weighted by Crippen LogP contribution is -2.43. The molecule has 1 aliphatic carbocycles. The van der Waals surface area contributed by atoms with Crippen molar-refractivity contribution in [2.75, 3.05) is 26.2 Å². The van der Waals surface area contributed by atoms with Crippen LogP contribution in [-0.2, 0) is 9.53 Å². The summed E-state index contributed by atoms with van der Waals surface area (Å²) in [5.41, 5.74) is 0.894. The molecule has 0 spiro atoms. The topological polar surface area (TPSA) is 67.9 Å². The molecule has 6 nitrogen and oxygen atoms in total. The lowest BCUT2D eigenvalue weighted by atomic mass is 9.98. The number of nitrogens with one attached hydrogen (secondary N) is 1. The number of hydrogen-bond donors (Lipinski definition) is 1. The Morgan fingerprint density at radius 3 is 2.66 bits per heavy atom. The van der Waals surface area contributed by atoms with E-state index >= 15 is 0 Å². The van der Waals surface area contributed by atoms with E-state index in [0.29, 0.717) is 32.5 Å². The Kier molecular flexibility index (Phi) is 4.86. The van der Waals surface area contributed by atoms with E-state index < -0.39 is 12.5 Å². The Morgan fingerprint density at radius 2 is 2.03 bits per heavy atom. The fourth-order valence-electron chi connectivity index (χ4n) is 4.88. The Balaban J connectivity index is 1.36. The van der Waals surface area contributed by atoms with Crippen LogP contribution < -0.4 is 10.1 Å². The predicted molar refractivity (Wildman–Crippen MR) is 96.1 cm³/mol. The highest BCUT2D eigenvalue weighted by molar-refractivity contribution is 5.80. The molecule has 0 bridgehead atoms. The van der Waals surface area contributed by atoms with Crippen molar-refractivity contribution in [3.05, 3.63) is 29.8 Å². The number of amides is 2. The minimum atomic E-state index is -4.70. The van der Waals surface area contributed by atoms with Gasteiger partial charge in [0.05, 0.1) is 12.5 Å². The summed E-state index contributed by atoms with van der Waals surface area (Å²) in [6.07, 6.45) is -3.86. The van der Waals surface area contributed by atoms with E-state index in [9.17, 15) is 22.8 Å². The van der Waals surface area contributed by atoms with E-state index in [2.05, 4.69) is 17.0 Å². The maximum absolute atomic E-state index is 12.9. The largest absolute Gasteiger partial charge is 0.573 e. The van der Waals surface area contributed by atoms with Gasteiger partial charge < -0.3 is 19.7 Å². The summed E-state index contributed by atoms with van der Waals surface area (Å²) in [4.78, 5) is 26.2. The average molecular weight is 412 g/mol. The van der Waals surface area contributed by atoms with Crippen molar-refractivity contribution in [3.63, 3.8) is 0 Å². The molecule has 2 amide bonds. The van der Waals surface area contributed by atoms with Gasteiger partial charge in [-0.3, -0.25) is 4.79 Å². The summed E-state index contributed by atoms with van der Waals surface area (Å²) in [6, 6.07) is 6.02. The third-order valence-electron chi connectivity index (χ3n) is 6.36. The number of alkyl carbamates (subject to hydrolysis) is 1. The van der Waals surface area contributed by atoms with Gasteiger partial charge in [-0.2, -0.15) is 0 Å². The molecular weight excluding hydrogens is 389 g/mol. The van der Waals surface area contributed by atoms with Gasteiger partial charge in [0.2, 0.25) is 5.91 Å². The molecule has 3 aliphatic rings. The standard InChI is InChI=1S/C20H23F3N2O4/c1-19-11-25(17(26)13-3-2-8-28-18(27)24-9-13)10-15(19)16(19)12-4-6-14(7-5-12)29-20(21,22)23/h4-7,13,15-16H,2-3,8-11H2,1H3,(H,24,27)/t13-,15+,16+,19+/m1/s1. The van der Waals surface area contributed by atoms with Crippen LogP contribution in [0.3, 0.4) is 0 Å². The summed E-state index contributed by atoms with van der Waals surface area (Å²) in [5, 5.41) is 2.63. The SMILES string of the molecule is C[C@]12CN(C(=O)[C@@H]3CCCOC(=O)NC3)C[C@H]1[C@@H]2c1ccc(OC(F)(F)F)cc1. The monoisotopic (exact) mass is 412 g/mol. The van der Waals surface area contributed by atoms with Crippen LogP contribution in [0.2, 0.25) is 0 Å². The lowest BCUT2D eigenvalue weighted by Gasteiger charge is -2.28. The number of halogens is 3. The van der Waals surface area contributed by atoms with Crippen LogP contribution in [0, 0.1) is 17.3 Å². The molecule has 4 atom stereocenters. The fourth-order valence-corrected chi connectivity index (χ4v) is 4.88. The zero-order valence-electron chi connectivity index (χ0n) is 16.0. The Labute approximate surface area is 166 Å². The number of benzene rings is 1. The number of fused-ring (bicyclic) bond motifs is 1. The van der Waals surface area contributed by atoms with E-state index in [1.54, 1.807) is 12.1 Å². The minimum absolute atomic E-state index is 0.0494. The van der Waals surface area contributed by atoms with E-state index in [4.69, 9.17) is 4.74 Å². The fraction of sp³-hybridized carbons (Fsp3) is 0.600. The summed E-state index contributed by atoms with van der Waals surface area (Å²) >= 11 is 0. The van der Waals surface area contributed by atoms with Crippen molar-refractivity contribution in [3.8, 4) is 5.75 Å². The van der Waals surface area contributed by atoms with Crippen molar-refractivity contribution in [1.29, 1.82) is 0 Å². The first kappa shape index (κ1) is 19.8. The maximum atomic E-state index is 12.9. The van der Waals surface area contributed by atoms with Gasteiger partial charge in [0.15, 0.2) is 0 Å². The Bertz CT molecular complexity index is 798. The maximum Gasteiger partial charge on any atom is 0.573 e. The van der Waals surface area contributed by atoms with Crippen LogP contribution in [0.25, 0.3) is 0 Å². The molecule has 0 aromatic heterocycles. The Morgan fingerprint density at radius 1 is 1.31 bits per heavy atom. The van der Waals surface area contributed by atoms with Crippen molar-refractivity contribution >= 4 is 12.0 Å². The molecular formula is C20H23F3N2O4. The van der Waals surface area contributed by atoms with Crippen LogP contribution in [0.15, 0.2) is 24.3 Å². The van der Waals surface area contributed by atoms with E-state index in [0.717, 1.165) is 5.56 Å². The van der Waals surface area contributed by atoms with Gasteiger partial charge in [0.25, 0.3) is 0 Å². The van der Waals surface area contributed by atoms with E-state index in [1.165, 1.54) is 12.1 Å². The van der Waals surface area contributed by atoms with Crippen molar-refractivity contribution in [1.82, 2.24) is 10.2 Å². The average Bonchev–Trinajstić information content (AvgIpc) is 3.03. The van der Waals surface area contributed by atoms with Crippen molar-refractivity contribution in [2.24, 2.45) is 17.3 Å². The number of rotatable bonds is 3. The number of carbonyl (C=O) groups excluding carboxylic acids is 2. The van der Waals surface area contributed by atoms with Gasteiger partial charge in [-0.1, -0.05) is 19.1 Å². The molecule has 4 rings (SSSR count). The number of hydrogen-bond acceptors (Lipinski definition) is 4. The first-order valence-electron chi connectivity index (χ1n) is 9.72. The van der Waals surface area contributed by atoms with Crippen LogP contribution in [0.4, 0.5) is 18.0 Å². The number of cyclic esters (lactones) is 1. The second-order valence-electron chi connectivity index (χ2n) is 8.28. The number of nitrogens with zero attached hydrogens (tertiary/aromatic N) is 1. The predicted octanol–water partition coefficient (Wildman–Crippen LogP) is 3.28. The van der Waals surface area contributed by atoms with Gasteiger partial charge in [0, 0.05) is 19.6 Å². The highest BCUT2D eigenvalue weighted by Crippen LogP contribution is 2.68. The first-order valence-corrected chi connectivity index (χ1v) is 9.72. The third kappa shape index (κ3) is 4.00. The van der Waals surface area contributed by atoms with Crippen molar-refractivity contribution in [2.45, 2.75) is 32.0 Å². The second kappa shape index (κ2) is 7.11. The van der Waals surface area contributed by atoms with E-state index in [1.807, 2.05) is 4.90 Å². The second-order valence-corrected chi connectivity index (χ2v) is 8.28. The zero-order valence-corrected chi connectivity index (χ0v) is 16.0. The zero-order chi connectivity index (χ0) is 20.8. The van der Waals surface area contributed by atoms with Gasteiger partial charge >= 0.3 is 12.5 Å². The quantitative estimate of drug-likeness (QED) is 0.828. The summed E-state index contributed by atoms with van der Waals surface area (Å²) in [6.45, 7) is 3.94. The molecule has 158 valence electrons. The number of carbonyl (C=O) groups is 2. The van der Waals surface area contributed by atoms with Crippen LogP contribution >= 0.6 is 0 Å². The normalized spacial score (nSPS) is 31.8. The van der Waals surface area contributed by atoms with Gasteiger partial charge in [-0.05, 0) is 47.8 Å². The first-order chi connectivity index (χ1) is 13.7. The highest BCUT2D eigenvalue weighted by Gasteiger charge is 2.66. The summed E-state index contributed by atoms with van der Waals surface area (Å²) in [5.74, 6) is 0.0723. The molecule has 29 heavy (non-hydrogen) atoms. The Hall–Kier alpha value is -2.45. The van der Waals surface area contributed by atoms with Crippen molar-refractivity contribution < 1.29 is 32.2 Å². The molecule has 1 aromatic carbocycles. The smallest absolute Gasteiger partial charge is 0.450 e. The lowest BCUT2D eigenvalue weighted by molar-refractivity contribution is -0.274. The minimum Gasteiger partial charge on any atom is -0.450 e. The van der Waals surface area contributed by atoms with Gasteiger partial charge in [-0.25, -0.2) is 4.79 Å². The molecule has 1 N–H and O–H groups in total. The number of piperidine rings is 1. The summed E-state index contributed by atoms with van der Waals surface area (Å²) in [7, 11) is 0. The molecule has 1 saturated carbocycles. The highest BCUT2D eigenvalue weighted by atomic mass is 19.4. The third-order valence-corrected chi connectivity index (χ3v) is 6.36. The van der Waals surface area contributed by atoms with E-state index in [-0.39, 0.29) is 41.4 Å². The van der Waals surface area contributed by atoms with Crippen LogP contribution in [0.5, 0.6) is 5.75 Å². The molecule has 2 heterocycles. The molecule has 2 aliphatic heterocycles. The van der Waals surface area contributed by atoms with Gasteiger partial charge in [-0.15, -0.1) is 13.2 Å². The van der Waals surface area contributed by atoms with Crippen LogP contribution in [-0.4, -0.2) is 49.5 Å². The van der Waals surface area contributed by atoms with Gasteiger partial charge in [0.1, 0.15) is 5.75 Å². The molecule has 0 radical (unpaired) electrons. The number of likely N-dealkylation sites (tertiary alicyclic amines) is 1. The molecule has 1 aromatic rings.